The first-order valence-electron chi connectivity index (χ1n) is 16.8. The van der Waals surface area contributed by atoms with Crippen molar-refractivity contribution in [3.05, 3.63) is 89.2 Å². The molecule has 0 amide bonds. The van der Waals surface area contributed by atoms with Crippen LogP contribution in [-0.2, 0) is 24.4 Å². The van der Waals surface area contributed by atoms with Crippen molar-refractivity contribution in [1.29, 1.82) is 0 Å². The number of allylic oxidation sites excluding steroid dienone is 1. The Kier molecular flexibility index (Phi) is 7.00. The fraction of sp³-hybridized carbons (Fsp3) is 0.459. The van der Waals surface area contributed by atoms with Crippen LogP contribution in [0.5, 0.6) is 17.2 Å². The summed E-state index contributed by atoms with van der Waals surface area (Å²) in [6.45, 7) is 5.32. The number of rotatable bonds is 4. The summed E-state index contributed by atoms with van der Waals surface area (Å²) < 4.78 is 24.7. The Morgan fingerprint density at radius 1 is 0.556 bits per heavy atom. The molecule has 1 unspecified atom stereocenters. The van der Waals surface area contributed by atoms with Crippen molar-refractivity contribution in [2.45, 2.75) is 82.7 Å². The molecule has 234 valence electrons. The van der Waals surface area contributed by atoms with Crippen LogP contribution in [-0.4, -0.2) is 54.8 Å². The number of nitrogens with zero attached hydrogens (tertiary/aromatic N) is 4. The van der Waals surface area contributed by atoms with Gasteiger partial charge in [0, 0.05) is 59.8 Å². The maximum absolute atomic E-state index is 6.30. The monoisotopic (exact) mass is 606 g/mol. The maximum Gasteiger partial charge on any atom is 0.161 e. The van der Waals surface area contributed by atoms with Crippen LogP contribution in [0, 0.1) is 0 Å². The Morgan fingerprint density at radius 3 is 1.96 bits per heavy atom. The van der Waals surface area contributed by atoms with Crippen LogP contribution in [0.25, 0.3) is 0 Å². The molecule has 45 heavy (non-hydrogen) atoms. The zero-order valence-corrected chi connectivity index (χ0v) is 25.9. The van der Waals surface area contributed by atoms with E-state index in [1.807, 2.05) is 6.07 Å². The third-order valence-electron chi connectivity index (χ3n) is 10.8. The van der Waals surface area contributed by atoms with Crippen molar-refractivity contribution in [1.82, 2.24) is 9.80 Å². The fourth-order valence-electron chi connectivity index (χ4n) is 8.25. The van der Waals surface area contributed by atoms with E-state index in [4.69, 9.17) is 18.9 Å². The van der Waals surface area contributed by atoms with Crippen molar-refractivity contribution >= 4 is 11.4 Å². The highest BCUT2D eigenvalue weighted by Crippen LogP contribution is 2.39. The molecule has 0 spiro atoms. The lowest BCUT2D eigenvalue weighted by molar-refractivity contribution is 0.00139. The summed E-state index contributed by atoms with van der Waals surface area (Å²) in [5.74, 6) is 4.21. The third-order valence-corrected chi connectivity index (χ3v) is 10.8. The first-order valence-corrected chi connectivity index (χ1v) is 16.8. The number of hydrogen-bond acceptors (Lipinski definition) is 8. The number of fused-ring (bicyclic) bond motifs is 4. The van der Waals surface area contributed by atoms with Gasteiger partial charge in [0.1, 0.15) is 36.5 Å². The van der Waals surface area contributed by atoms with Crippen molar-refractivity contribution in [3.8, 4) is 17.2 Å². The minimum Gasteiger partial charge on any atom is -0.478 e. The molecule has 6 aliphatic rings. The lowest BCUT2D eigenvalue weighted by Crippen LogP contribution is -2.47. The van der Waals surface area contributed by atoms with Gasteiger partial charge in [-0.25, -0.2) is 0 Å². The Hall–Kier alpha value is -3.88. The Bertz CT molecular complexity index is 1600. The molecule has 0 N–H and O–H groups in total. The highest BCUT2D eigenvalue weighted by Gasteiger charge is 2.35. The number of anilines is 2. The van der Waals surface area contributed by atoms with Crippen LogP contribution in [0.1, 0.15) is 61.6 Å². The first-order chi connectivity index (χ1) is 22.2. The molecule has 1 saturated heterocycles. The highest BCUT2D eigenvalue weighted by atomic mass is 16.5. The molecule has 2 aliphatic carbocycles. The first kappa shape index (κ1) is 27.4. The van der Waals surface area contributed by atoms with Crippen LogP contribution in [0.15, 0.2) is 72.5 Å². The molecule has 1 saturated carbocycles. The van der Waals surface area contributed by atoms with Crippen LogP contribution in [0.4, 0.5) is 11.4 Å². The van der Waals surface area contributed by atoms with Gasteiger partial charge in [-0.3, -0.25) is 9.80 Å². The lowest BCUT2D eigenvalue weighted by Gasteiger charge is -2.43. The second kappa shape index (κ2) is 11.5. The fourth-order valence-corrected chi connectivity index (χ4v) is 8.25. The Balaban J connectivity index is 0.823. The van der Waals surface area contributed by atoms with Gasteiger partial charge in [0.15, 0.2) is 13.5 Å². The minimum absolute atomic E-state index is 0.390. The third kappa shape index (κ3) is 5.18. The minimum atomic E-state index is 0.390. The van der Waals surface area contributed by atoms with E-state index in [9.17, 15) is 0 Å². The van der Waals surface area contributed by atoms with Crippen LogP contribution in [0.3, 0.4) is 0 Å². The number of hydrogen-bond donors (Lipinski definition) is 0. The molecule has 9 rings (SSSR count). The Labute approximate surface area is 265 Å². The van der Waals surface area contributed by atoms with Gasteiger partial charge in [-0.1, -0.05) is 18.2 Å². The highest BCUT2D eigenvalue weighted by molar-refractivity contribution is 5.57. The average Bonchev–Trinajstić information content (AvgIpc) is 3.55. The van der Waals surface area contributed by atoms with Gasteiger partial charge in [0.05, 0.1) is 6.04 Å². The van der Waals surface area contributed by atoms with Crippen LogP contribution in [0.2, 0.25) is 0 Å². The molecule has 8 nitrogen and oxygen atoms in total. The molecule has 4 aliphatic heterocycles. The maximum atomic E-state index is 6.30. The van der Waals surface area contributed by atoms with Crippen molar-refractivity contribution < 1.29 is 18.9 Å². The second-order valence-corrected chi connectivity index (χ2v) is 13.5. The van der Waals surface area contributed by atoms with Crippen LogP contribution < -0.4 is 24.0 Å². The van der Waals surface area contributed by atoms with Crippen LogP contribution >= 0.6 is 0 Å². The molecule has 0 bridgehead atoms. The zero-order chi connectivity index (χ0) is 29.7. The van der Waals surface area contributed by atoms with E-state index < -0.39 is 0 Å². The van der Waals surface area contributed by atoms with Gasteiger partial charge in [-0.2, -0.15) is 0 Å². The largest absolute Gasteiger partial charge is 0.478 e. The quantitative estimate of drug-likeness (QED) is 0.330. The number of benzene rings is 3. The summed E-state index contributed by atoms with van der Waals surface area (Å²) in [5.41, 5.74) is 6.25. The molecule has 8 heteroatoms. The van der Waals surface area contributed by atoms with E-state index in [2.05, 4.69) is 80.3 Å². The predicted octanol–water partition coefficient (Wildman–Crippen LogP) is 6.59. The van der Waals surface area contributed by atoms with E-state index in [0.29, 0.717) is 45.0 Å². The summed E-state index contributed by atoms with van der Waals surface area (Å²) in [4.78, 5) is 9.83. The summed E-state index contributed by atoms with van der Waals surface area (Å²) in [5, 5.41) is 0. The summed E-state index contributed by atoms with van der Waals surface area (Å²) in [7, 11) is 0. The number of ether oxygens (including phenoxy) is 4. The molecule has 1 atom stereocenters. The summed E-state index contributed by atoms with van der Waals surface area (Å²) >= 11 is 0. The van der Waals surface area contributed by atoms with Crippen molar-refractivity contribution in [2.24, 2.45) is 0 Å². The summed E-state index contributed by atoms with van der Waals surface area (Å²) in [6.07, 6.45) is 10.6. The van der Waals surface area contributed by atoms with Gasteiger partial charge >= 0.3 is 0 Å². The zero-order valence-electron chi connectivity index (χ0n) is 25.9. The normalized spacial score (nSPS) is 26.2. The van der Waals surface area contributed by atoms with Crippen molar-refractivity contribution in [3.63, 3.8) is 0 Å². The topological polar surface area (TPSA) is 49.9 Å². The molecule has 3 aromatic carbocycles. The van der Waals surface area contributed by atoms with Gasteiger partial charge < -0.3 is 28.7 Å². The van der Waals surface area contributed by atoms with Crippen molar-refractivity contribution in [2.75, 3.05) is 36.7 Å². The SMILES string of the molecule is C1=C2OCN(c3ccc4c(c3)CN(C3CCC(N5COc6ccc(N7COc8ccccc8C7)cc6C5)CC3)CO4)C2CCC1. The Morgan fingerprint density at radius 2 is 1.20 bits per heavy atom. The van der Waals surface area contributed by atoms with E-state index in [0.717, 1.165) is 43.3 Å². The molecular formula is C37H42N4O4. The van der Waals surface area contributed by atoms with E-state index >= 15 is 0 Å². The van der Waals surface area contributed by atoms with E-state index in [-0.39, 0.29) is 0 Å². The summed E-state index contributed by atoms with van der Waals surface area (Å²) in [6, 6.07) is 23.2. The van der Waals surface area contributed by atoms with E-state index in [1.54, 1.807) is 0 Å². The van der Waals surface area contributed by atoms with Gasteiger partial charge in [0.2, 0.25) is 0 Å². The molecular weight excluding hydrogens is 564 g/mol. The standard InChI is InChI=1S/C37H42N4O4/c1-3-7-34-26(5-1)19-40(24-42-34)31-13-15-35-27(17-31)20-38(22-43-35)29-9-11-30(12-10-29)39-21-28-18-32(14-16-36(28)44-23-39)41-25-45-37-8-4-2-6-33(37)41/h1,3,5,7-8,13-18,29-30,33H,2,4,6,9-12,19-25H2. The molecule has 4 heterocycles. The lowest BCUT2D eigenvalue weighted by atomic mass is 9.88. The van der Waals surface area contributed by atoms with Gasteiger partial charge in [-0.05, 0) is 93.5 Å². The van der Waals surface area contributed by atoms with Gasteiger partial charge in [-0.15, -0.1) is 0 Å². The predicted molar refractivity (Wildman–Crippen MR) is 173 cm³/mol. The van der Waals surface area contributed by atoms with E-state index in [1.165, 1.54) is 72.3 Å². The average molecular weight is 607 g/mol. The number of para-hydroxylation sites is 1. The molecule has 0 radical (unpaired) electrons. The second-order valence-electron chi connectivity index (χ2n) is 13.5. The van der Waals surface area contributed by atoms with Gasteiger partial charge in [0.25, 0.3) is 0 Å². The smallest absolute Gasteiger partial charge is 0.161 e. The molecule has 0 aromatic heterocycles. The molecule has 2 fully saturated rings. The molecule has 3 aromatic rings.